The molecule has 1 aromatic heterocycles. The number of rotatable bonds is 5. The quantitative estimate of drug-likeness (QED) is 0.896. The molecule has 0 aliphatic heterocycles. The van der Waals surface area contributed by atoms with Gasteiger partial charge in [-0.2, -0.15) is 0 Å². The van der Waals surface area contributed by atoms with Crippen molar-refractivity contribution in [2.45, 2.75) is 13.5 Å². The Labute approximate surface area is 95.6 Å². The Balaban J connectivity index is 2.23. The predicted octanol–water partition coefficient (Wildman–Crippen LogP) is 2.16. The molecule has 1 N–H and O–H groups in total. The van der Waals surface area contributed by atoms with Crippen LogP contribution in [0.15, 0.2) is 15.9 Å². The van der Waals surface area contributed by atoms with E-state index in [2.05, 4.69) is 21.2 Å². The van der Waals surface area contributed by atoms with Gasteiger partial charge in [0.1, 0.15) is 6.61 Å². The van der Waals surface area contributed by atoms with E-state index in [0.29, 0.717) is 13.2 Å². The highest BCUT2D eigenvalue weighted by Crippen LogP contribution is 2.19. The number of amides is 1. The summed E-state index contributed by atoms with van der Waals surface area (Å²) in [4.78, 5) is 12.3. The molecule has 3 nitrogen and oxygen atoms in total. The summed E-state index contributed by atoms with van der Waals surface area (Å²) in [6.45, 7) is 3.15. The highest BCUT2D eigenvalue weighted by molar-refractivity contribution is 9.10. The third-order valence-electron chi connectivity index (χ3n) is 1.52. The van der Waals surface area contributed by atoms with Gasteiger partial charge in [0.2, 0.25) is 5.91 Å². The lowest BCUT2D eigenvalue weighted by atomic mass is 10.4. The van der Waals surface area contributed by atoms with Crippen LogP contribution in [-0.2, 0) is 16.1 Å². The van der Waals surface area contributed by atoms with Crippen molar-refractivity contribution in [3.8, 4) is 0 Å². The first kappa shape index (κ1) is 11.7. The van der Waals surface area contributed by atoms with Crippen molar-refractivity contribution in [1.29, 1.82) is 0 Å². The molecule has 5 heteroatoms. The van der Waals surface area contributed by atoms with Crippen LogP contribution in [0, 0.1) is 0 Å². The Morgan fingerprint density at radius 3 is 3.07 bits per heavy atom. The molecule has 78 valence electrons. The topological polar surface area (TPSA) is 38.3 Å². The fourth-order valence-electron chi connectivity index (χ4n) is 0.878. The number of ether oxygens (including phenoxy) is 1. The number of hydrogen-bond acceptors (Lipinski definition) is 3. The van der Waals surface area contributed by atoms with E-state index < -0.39 is 0 Å². The Morgan fingerprint density at radius 2 is 2.50 bits per heavy atom. The third-order valence-corrected chi connectivity index (χ3v) is 3.22. The minimum atomic E-state index is -0.0728. The minimum absolute atomic E-state index is 0.0728. The second kappa shape index (κ2) is 6.16. The fourth-order valence-corrected chi connectivity index (χ4v) is 2.27. The molecule has 0 saturated heterocycles. The maximum Gasteiger partial charge on any atom is 0.246 e. The van der Waals surface area contributed by atoms with Crippen molar-refractivity contribution >= 4 is 33.2 Å². The van der Waals surface area contributed by atoms with E-state index in [-0.39, 0.29) is 12.5 Å². The molecule has 0 spiro atoms. The molecule has 0 bridgehead atoms. The zero-order valence-corrected chi connectivity index (χ0v) is 10.3. The molecule has 0 aromatic carbocycles. The lowest BCUT2D eigenvalue weighted by molar-refractivity contribution is -0.125. The molecular weight excluding hydrogens is 266 g/mol. The summed E-state index contributed by atoms with van der Waals surface area (Å²) in [6.07, 6.45) is 0. The maximum atomic E-state index is 11.1. The number of halogens is 1. The van der Waals surface area contributed by atoms with Gasteiger partial charge in [0.15, 0.2) is 0 Å². The largest absolute Gasteiger partial charge is 0.372 e. The Morgan fingerprint density at radius 1 is 1.71 bits per heavy atom. The standard InChI is InChI=1S/C9H12BrNO2S/c1-2-13-5-9(12)11-4-8-3-7(10)6-14-8/h3,6H,2,4-5H2,1H3,(H,11,12). The van der Waals surface area contributed by atoms with Gasteiger partial charge in [-0.3, -0.25) is 4.79 Å². The molecule has 0 atom stereocenters. The van der Waals surface area contributed by atoms with Crippen LogP contribution in [0.5, 0.6) is 0 Å². The molecule has 0 unspecified atom stereocenters. The van der Waals surface area contributed by atoms with Crippen molar-refractivity contribution in [2.24, 2.45) is 0 Å². The van der Waals surface area contributed by atoms with Crippen LogP contribution in [0.25, 0.3) is 0 Å². The van der Waals surface area contributed by atoms with Gasteiger partial charge in [-0.15, -0.1) is 11.3 Å². The molecule has 1 rings (SSSR count). The molecule has 1 heterocycles. The summed E-state index contributed by atoms with van der Waals surface area (Å²) in [7, 11) is 0. The summed E-state index contributed by atoms with van der Waals surface area (Å²) in [6, 6.07) is 1.99. The molecule has 0 aliphatic carbocycles. The highest BCUT2D eigenvalue weighted by atomic mass is 79.9. The number of thiophene rings is 1. The van der Waals surface area contributed by atoms with E-state index in [1.165, 1.54) is 0 Å². The van der Waals surface area contributed by atoms with E-state index in [1.54, 1.807) is 11.3 Å². The SMILES string of the molecule is CCOCC(=O)NCc1cc(Br)cs1. The Bertz CT molecular complexity index is 301. The summed E-state index contributed by atoms with van der Waals surface area (Å²) < 4.78 is 6.02. The molecular formula is C9H12BrNO2S. The minimum Gasteiger partial charge on any atom is -0.372 e. The van der Waals surface area contributed by atoms with Crippen molar-refractivity contribution in [1.82, 2.24) is 5.32 Å². The van der Waals surface area contributed by atoms with Crippen LogP contribution >= 0.6 is 27.3 Å². The van der Waals surface area contributed by atoms with Crippen LogP contribution in [0.1, 0.15) is 11.8 Å². The van der Waals surface area contributed by atoms with Crippen molar-refractivity contribution in [3.05, 3.63) is 20.8 Å². The van der Waals surface area contributed by atoms with Gasteiger partial charge in [0, 0.05) is 21.3 Å². The molecule has 0 saturated carbocycles. The normalized spacial score (nSPS) is 10.1. The lowest BCUT2D eigenvalue weighted by Crippen LogP contribution is -2.26. The van der Waals surface area contributed by atoms with Crippen molar-refractivity contribution < 1.29 is 9.53 Å². The second-order valence-corrected chi connectivity index (χ2v) is 4.56. The van der Waals surface area contributed by atoms with E-state index in [1.807, 2.05) is 18.4 Å². The van der Waals surface area contributed by atoms with Crippen LogP contribution < -0.4 is 5.32 Å². The predicted molar refractivity (Wildman–Crippen MR) is 60.4 cm³/mol. The first-order valence-electron chi connectivity index (χ1n) is 4.29. The number of hydrogen-bond donors (Lipinski definition) is 1. The first-order valence-corrected chi connectivity index (χ1v) is 5.97. The van der Waals surface area contributed by atoms with E-state index >= 15 is 0 Å². The second-order valence-electron chi connectivity index (χ2n) is 2.65. The number of carbonyl (C=O) groups excluding carboxylic acids is 1. The van der Waals surface area contributed by atoms with E-state index in [0.717, 1.165) is 9.35 Å². The van der Waals surface area contributed by atoms with Crippen LogP contribution in [0.3, 0.4) is 0 Å². The van der Waals surface area contributed by atoms with Crippen LogP contribution in [0.4, 0.5) is 0 Å². The molecule has 14 heavy (non-hydrogen) atoms. The van der Waals surface area contributed by atoms with Gasteiger partial charge in [0.05, 0.1) is 6.54 Å². The molecule has 1 amide bonds. The zero-order valence-electron chi connectivity index (χ0n) is 7.88. The van der Waals surface area contributed by atoms with Gasteiger partial charge < -0.3 is 10.1 Å². The third kappa shape index (κ3) is 4.21. The van der Waals surface area contributed by atoms with Gasteiger partial charge in [-0.25, -0.2) is 0 Å². The Kier molecular flexibility index (Phi) is 5.14. The zero-order chi connectivity index (χ0) is 10.4. The molecule has 0 fully saturated rings. The van der Waals surface area contributed by atoms with Crippen molar-refractivity contribution in [2.75, 3.05) is 13.2 Å². The lowest BCUT2D eigenvalue weighted by Gasteiger charge is -2.02. The van der Waals surface area contributed by atoms with Gasteiger partial charge in [0.25, 0.3) is 0 Å². The smallest absolute Gasteiger partial charge is 0.246 e. The van der Waals surface area contributed by atoms with Crippen LogP contribution in [0.2, 0.25) is 0 Å². The molecule has 1 aromatic rings. The van der Waals surface area contributed by atoms with Gasteiger partial charge >= 0.3 is 0 Å². The van der Waals surface area contributed by atoms with Crippen molar-refractivity contribution in [3.63, 3.8) is 0 Å². The summed E-state index contributed by atoms with van der Waals surface area (Å²) in [5.74, 6) is -0.0728. The van der Waals surface area contributed by atoms with E-state index in [4.69, 9.17) is 4.74 Å². The summed E-state index contributed by atoms with van der Waals surface area (Å²) >= 11 is 4.97. The molecule has 0 aliphatic rings. The van der Waals surface area contributed by atoms with E-state index in [9.17, 15) is 4.79 Å². The first-order chi connectivity index (χ1) is 6.72. The average molecular weight is 278 g/mol. The Hall–Kier alpha value is -0.390. The monoisotopic (exact) mass is 277 g/mol. The van der Waals surface area contributed by atoms with Gasteiger partial charge in [-0.05, 0) is 28.9 Å². The van der Waals surface area contributed by atoms with Gasteiger partial charge in [-0.1, -0.05) is 0 Å². The van der Waals surface area contributed by atoms with Crippen LogP contribution in [-0.4, -0.2) is 19.1 Å². The number of carbonyl (C=O) groups is 1. The summed E-state index contributed by atoms with van der Waals surface area (Å²) in [5, 5.41) is 4.76. The molecule has 0 radical (unpaired) electrons. The maximum absolute atomic E-state index is 11.1. The average Bonchev–Trinajstić information content (AvgIpc) is 2.58. The highest BCUT2D eigenvalue weighted by Gasteiger charge is 2.02. The summed E-state index contributed by atoms with van der Waals surface area (Å²) in [5.41, 5.74) is 0. The number of nitrogens with one attached hydrogen (secondary N) is 1. The fraction of sp³-hybridized carbons (Fsp3) is 0.444.